The summed E-state index contributed by atoms with van der Waals surface area (Å²) in [7, 11) is 0. The second-order valence-corrected chi connectivity index (χ2v) is 8.04. The maximum absolute atomic E-state index is 6.20. The van der Waals surface area contributed by atoms with Gasteiger partial charge in [-0.3, -0.25) is 0 Å². The van der Waals surface area contributed by atoms with Crippen molar-refractivity contribution in [2.24, 2.45) is 0 Å². The van der Waals surface area contributed by atoms with Crippen LogP contribution in [0.3, 0.4) is 0 Å². The molecule has 4 aromatic rings. The highest BCUT2D eigenvalue weighted by molar-refractivity contribution is 9.10. The van der Waals surface area contributed by atoms with Crippen molar-refractivity contribution < 1.29 is 9.15 Å². The number of para-hydroxylation sites is 1. The van der Waals surface area contributed by atoms with E-state index in [1.54, 1.807) is 0 Å². The minimum Gasteiger partial charge on any atom is -0.455 e. The fourth-order valence-corrected chi connectivity index (χ4v) is 3.85. The average molecular weight is 467 g/mol. The van der Waals surface area contributed by atoms with E-state index in [1.165, 1.54) is 11.8 Å². The number of halogens is 1. The van der Waals surface area contributed by atoms with E-state index >= 15 is 0 Å². The van der Waals surface area contributed by atoms with Crippen molar-refractivity contribution in [2.45, 2.75) is 11.4 Å². The lowest BCUT2D eigenvalue weighted by atomic mass is 10.1. The van der Waals surface area contributed by atoms with E-state index in [4.69, 9.17) is 9.15 Å². The predicted octanol–water partition coefficient (Wildman–Crippen LogP) is 5.79. The van der Waals surface area contributed by atoms with Crippen molar-refractivity contribution >= 4 is 33.4 Å². The zero-order chi connectivity index (χ0) is 19.8. The molecule has 1 N–H and O–H groups in total. The molecular weight excluding hydrogens is 452 g/mol. The molecule has 0 amide bonds. The van der Waals surface area contributed by atoms with Crippen LogP contribution < -0.4 is 10.1 Å². The second kappa shape index (κ2) is 7.53. The number of furan rings is 1. The lowest BCUT2D eigenvalue weighted by Crippen LogP contribution is -2.16. The number of rotatable bonds is 3. The van der Waals surface area contributed by atoms with Crippen LogP contribution in [-0.4, -0.2) is 21.4 Å². The molecule has 5 rings (SSSR count). The van der Waals surface area contributed by atoms with Gasteiger partial charge in [0.25, 0.3) is 0 Å². The molecule has 0 radical (unpaired) electrons. The molecule has 29 heavy (non-hydrogen) atoms. The van der Waals surface area contributed by atoms with Crippen LogP contribution in [0.4, 0.5) is 5.69 Å². The number of hydrogen-bond acceptors (Lipinski definition) is 7. The van der Waals surface area contributed by atoms with Crippen molar-refractivity contribution in [3.05, 3.63) is 70.9 Å². The molecule has 1 aliphatic rings. The van der Waals surface area contributed by atoms with Gasteiger partial charge in [-0.05, 0) is 36.6 Å². The van der Waals surface area contributed by atoms with Gasteiger partial charge in [-0.25, -0.2) is 0 Å². The lowest BCUT2D eigenvalue weighted by Gasteiger charge is -2.16. The molecule has 144 valence electrons. The molecule has 2 aromatic heterocycles. The summed E-state index contributed by atoms with van der Waals surface area (Å²) in [6.45, 7) is 0. The molecule has 0 unspecified atom stereocenters. The number of thioether (sulfide) groups is 1. The van der Waals surface area contributed by atoms with Gasteiger partial charge in [0.2, 0.25) is 17.3 Å². The Labute approximate surface area is 179 Å². The molecule has 6 nitrogen and oxygen atoms in total. The summed E-state index contributed by atoms with van der Waals surface area (Å²) in [6, 6.07) is 19.7. The van der Waals surface area contributed by atoms with Crippen molar-refractivity contribution in [3.8, 4) is 28.5 Å². The van der Waals surface area contributed by atoms with Crippen LogP contribution in [0.2, 0.25) is 0 Å². The van der Waals surface area contributed by atoms with E-state index in [0.717, 1.165) is 27.0 Å². The van der Waals surface area contributed by atoms with Gasteiger partial charge in [-0.1, -0.05) is 58.0 Å². The van der Waals surface area contributed by atoms with Crippen LogP contribution in [0.5, 0.6) is 5.88 Å². The smallest absolute Gasteiger partial charge is 0.247 e. The summed E-state index contributed by atoms with van der Waals surface area (Å²) in [5, 5.41) is 12.5. The minimum absolute atomic E-state index is 0.423. The number of ether oxygens (including phenoxy) is 1. The third kappa shape index (κ3) is 3.49. The van der Waals surface area contributed by atoms with E-state index in [2.05, 4.69) is 36.4 Å². The van der Waals surface area contributed by atoms with Crippen LogP contribution >= 0.6 is 27.7 Å². The van der Waals surface area contributed by atoms with Crippen LogP contribution in [-0.2, 0) is 0 Å². The third-order valence-electron chi connectivity index (χ3n) is 4.51. The number of fused-ring (bicyclic) bond motifs is 3. The lowest BCUT2D eigenvalue weighted by molar-refractivity contribution is 0.196. The highest BCUT2D eigenvalue weighted by Gasteiger charge is 2.27. The first-order valence-electron chi connectivity index (χ1n) is 8.88. The topological polar surface area (TPSA) is 73.1 Å². The molecule has 1 aliphatic heterocycles. The number of benzene rings is 2. The molecule has 0 bridgehead atoms. The van der Waals surface area contributed by atoms with E-state index in [9.17, 15) is 0 Å². The average Bonchev–Trinajstić information content (AvgIpc) is 3.18. The number of nitrogens with one attached hydrogen (secondary N) is 1. The van der Waals surface area contributed by atoms with E-state index in [0.29, 0.717) is 22.5 Å². The summed E-state index contributed by atoms with van der Waals surface area (Å²) in [6.07, 6.45) is 1.35. The van der Waals surface area contributed by atoms with Gasteiger partial charge in [0.15, 0.2) is 11.5 Å². The third-order valence-corrected chi connectivity index (χ3v) is 5.54. The summed E-state index contributed by atoms with van der Waals surface area (Å²) in [5.74, 6) is 1.83. The van der Waals surface area contributed by atoms with Gasteiger partial charge in [0.05, 0.1) is 0 Å². The number of hydrogen-bond donors (Lipinski definition) is 1. The van der Waals surface area contributed by atoms with Gasteiger partial charge in [0.1, 0.15) is 5.76 Å². The highest BCUT2D eigenvalue weighted by atomic mass is 79.9. The zero-order valence-corrected chi connectivity index (χ0v) is 17.7. The van der Waals surface area contributed by atoms with Gasteiger partial charge in [0, 0.05) is 21.3 Å². The molecule has 1 atom stereocenters. The van der Waals surface area contributed by atoms with Crippen molar-refractivity contribution in [1.29, 1.82) is 0 Å². The fraction of sp³-hybridized carbons (Fsp3) is 0.0952. The molecule has 3 heterocycles. The molecule has 2 aromatic carbocycles. The highest BCUT2D eigenvalue weighted by Crippen LogP contribution is 2.40. The van der Waals surface area contributed by atoms with Gasteiger partial charge < -0.3 is 14.5 Å². The van der Waals surface area contributed by atoms with Crippen molar-refractivity contribution in [2.75, 3.05) is 11.6 Å². The number of anilines is 1. The summed E-state index contributed by atoms with van der Waals surface area (Å²) < 4.78 is 13.3. The first kappa shape index (κ1) is 18.2. The Morgan fingerprint density at radius 1 is 1.03 bits per heavy atom. The second-order valence-electron chi connectivity index (χ2n) is 6.35. The van der Waals surface area contributed by atoms with Crippen molar-refractivity contribution in [3.63, 3.8) is 0 Å². The largest absolute Gasteiger partial charge is 0.455 e. The quantitative estimate of drug-likeness (QED) is 0.383. The molecule has 8 heteroatoms. The normalized spacial score (nSPS) is 14.9. The van der Waals surface area contributed by atoms with Gasteiger partial charge in [-0.2, -0.15) is 4.98 Å². The van der Waals surface area contributed by atoms with Gasteiger partial charge >= 0.3 is 0 Å². The molecule has 0 fully saturated rings. The first-order chi connectivity index (χ1) is 14.2. The van der Waals surface area contributed by atoms with E-state index in [-0.39, 0.29) is 0 Å². The Morgan fingerprint density at radius 3 is 2.79 bits per heavy atom. The predicted molar refractivity (Wildman–Crippen MR) is 116 cm³/mol. The fourth-order valence-electron chi connectivity index (χ4n) is 3.15. The van der Waals surface area contributed by atoms with Crippen LogP contribution in [0.15, 0.2) is 74.7 Å². The molecule has 0 spiro atoms. The monoisotopic (exact) mass is 466 g/mol. The van der Waals surface area contributed by atoms with E-state index < -0.39 is 6.23 Å². The SMILES string of the molecule is CSc1nnc2c(n1)O[C@@H](c1ccc(-c3cccc(Br)c3)o1)Nc1ccccc1-2. The molecule has 0 saturated carbocycles. The molecule has 0 aliphatic carbocycles. The standard InChI is InChI=1S/C21H15BrN4O2S/c1-29-21-24-20-18(25-26-21)14-7-2-3-8-15(14)23-19(28-20)17-10-9-16(27-17)12-5-4-6-13(22)11-12/h2-11,19,23H,1H3/t19-/m0/s1. The Balaban J connectivity index is 1.57. The number of nitrogens with zero attached hydrogens (tertiary/aromatic N) is 3. The summed E-state index contributed by atoms with van der Waals surface area (Å²) in [4.78, 5) is 4.52. The van der Waals surface area contributed by atoms with Gasteiger partial charge in [-0.15, -0.1) is 10.2 Å². The molecule has 0 saturated heterocycles. The number of aromatic nitrogens is 3. The van der Waals surface area contributed by atoms with Crippen LogP contribution in [0.1, 0.15) is 12.0 Å². The maximum Gasteiger partial charge on any atom is 0.247 e. The summed E-state index contributed by atoms with van der Waals surface area (Å²) >= 11 is 4.92. The van der Waals surface area contributed by atoms with Crippen molar-refractivity contribution in [1.82, 2.24) is 15.2 Å². The zero-order valence-electron chi connectivity index (χ0n) is 15.3. The van der Waals surface area contributed by atoms with E-state index in [1.807, 2.05) is 66.9 Å². The summed E-state index contributed by atoms with van der Waals surface area (Å²) in [5.41, 5.74) is 3.35. The Bertz CT molecular complexity index is 1200. The van der Waals surface area contributed by atoms with Crippen LogP contribution in [0.25, 0.3) is 22.6 Å². The first-order valence-corrected chi connectivity index (χ1v) is 10.9. The Morgan fingerprint density at radius 2 is 1.93 bits per heavy atom. The Kier molecular flexibility index (Phi) is 4.73. The minimum atomic E-state index is -0.551. The maximum atomic E-state index is 6.20. The Hall–Kier alpha value is -2.84. The molecular formula is C21H15BrN4O2S. The van der Waals surface area contributed by atoms with Crippen LogP contribution in [0, 0.1) is 0 Å².